The molecule has 9 nitrogen and oxygen atoms in total. The highest BCUT2D eigenvalue weighted by Gasteiger charge is 2.33. The van der Waals surface area contributed by atoms with Crippen LogP contribution < -0.4 is 0 Å². The van der Waals surface area contributed by atoms with Crippen LogP contribution in [0, 0.1) is 0 Å². The van der Waals surface area contributed by atoms with Crippen LogP contribution in [0.2, 0.25) is 0 Å². The Balaban J connectivity index is 1.83. The summed E-state index contributed by atoms with van der Waals surface area (Å²) in [6.45, 7) is 0. The molecule has 2 aromatic heterocycles. The summed E-state index contributed by atoms with van der Waals surface area (Å²) < 4.78 is 47.1. The van der Waals surface area contributed by atoms with Crippen molar-refractivity contribution >= 4 is 17.6 Å². The molecule has 2 heterocycles. The van der Waals surface area contributed by atoms with E-state index >= 15 is 0 Å². The lowest BCUT2D eigenvalue weighted by Crippen LogP contribution is -2.21. The lowest BCUT2D eigenvalue weighted by molar-refractivity contribution is -0.303. The first-order chi connectivity index (χ1) is 13.8. The maximum absolute atomic E-state index is 12.4. The number of ether oxygens (including phenoxy) is 2. The van der Waals surface area contributed by atoms with Crippen molar-refractivity contribution in [3.63, 3.8) is 0 Å². The molecule has 1 aliphatic rings. The molecule has 12 heteroatoms. The Bertz CT molecular complexity index is 1010. The number of rotatable bonds is 4. The fourth-order valence-corrected chi connectivity index (χ4v) is 2.34. The van der Waals surface area contributed by atoms with Gasteiger partial charge in [-0.25, -0.2) is 14.8 Å². The fourth-order valence-electron chi connectivity index (χ4n) is 2.34. The summed E-state index contributed by atoms with van der Waals surface area (Å²) >= 11 is 0. The van der Waals surface area contributed by atoms with Crippen LogP contribution in [-0.2, 0) is 14.3 Å². The van der Waals surface area contributed by atoms with Gasteiger partial charge in [0.05, 0.1) is 18.4 Å². The van der Waals surface area contributed by atoms with Crippen LogP contribution in [0.25, 0.3) is 5.82 Å². The van der Waals surface area contributed by atoms with E-state index in [0.29, 0.717) is 5.82 Å². The Hall–Kier alpha value is -3.83. The molecular formula is C17H12F3N5O4. The zero-order chi connectivity index (χ0) is 21.0. The topological polar surface area (TPSA) is 109 Å². The van der Waals surface area contributed by atoms with Gasteiger partial charge in [-0.3, -0.25) is 9.36 Å². The van der Waals surface area contributed by atoms with Gasteiger partial charge in [0, 0.05) is 18.8 Å². The van der Waals surface area contributed by atoms with Gasteiger partial charge in [-0.05, 0) is 24.3 Å². The third-order valence-electron chi connectivity index (χ3n) is 3.61. The summed E-state index contributed by atoms with van der Waals surface area (Å²) in [7, 11) is 1.05. The van der Waals surface area contributed by atoms with Gasteiger partial charge in [0.25, 0.3) is 5.91 Å². The zero-order valence-corrected chi connectivity index (χ0v) is 14.8. The molecule has 0 N–H and O–H groups in total. The van der Waals surface area contributed by atoms with E-state index in [2.05, 4.69) is 29.6 Å². The number of hydrogen-bond acceptors (Lipinski definition) is 7. The van der Waals surface area contributed by atoms with Crippen LogP contribution in [0.3, 0.4) is 0 Å². The molecule has 29 heavy (non-hydrogen) atoms. The molecule has 0 saturated heterocycles. The molecular weight excluding hydrogens is 395 g/mol. The lowest BCUT2D eigenvalue weighted by atomic mass is 10.0. The van der Waals surface area contributed by atoms with Crippen LogP contribution in [0.5, 0.6) is 0 Å². The van der Waals surface area contributed by atoms with Gasteiger partial charge in [-0.15, -0.1) is 23.4 Å². The average Bonchev–Trinajstić information content (AvgIpc) is 3.22. The molecule has 0 fully saturated rings. The van der Waals surface area contributed by atoms with Gasteiger partial charge in [-0.2, -0.15) is 0 Å². The highest BCUT2D eigenvalue weighted by Crippen LogP contribution is 2.26. The molecule has 1 aliphatic carbocycles. The summed E-state index contributed by atoms with van der Waals surface area (Å²) in [5, 5.41) is 7.65. The van der Waals surface area contributed by atoms with Gasteiger partial charge in [-0.1, -0.05) is 0 Å². The summed E-state index contributed by atoms with van der Waals surface area (Å²) in [6.07, 6.45) is 1.34. The molecule has 0 bridgehead atoms. The quantitative estimate of drug-likeness (QED) is 0.715. The molecule has 0 aromatic carbocycles. The van der Waals surface area contributed by atoms with Crippen molar-refractivity contribution in [3.8, 4) is 5.82 Å². The van der Waals surface area contributed by atoms with Crippen molar-refractivity contribution < 1.29 is 32.2 Å². The van der Waals surface area contributed by atoms with Gasteiger partial charge < -0.3 is 9.47 Å². The second-order valence-electron chi connectivity index (χ2n) is 5.52. The monoisotopic (exact) mass is 407 g/mol. The molecule has 150 valence electrons. The number of carbonyl (C=O) groups excluding carboxylic acids is 2. The summed E-state index contributed by atoms with van der Waals surface area (Å²) in [5.41, 5.74) is -0.533. The van der Waals surface area contributed by atoms with E-state index in [1.807, 2.05) is 0 Å². The van der Waals surface area contributed by atoms with Crippen LogP contribution >= 0.6 is 0 Å². The number of halogens is 3. The molecule has 3 rings (SSSR count). The summed E-state index contributed by atoms with van der Waals surface area (Å²) in [5.74, 6) is -1.98. The van der Waals surface area contributed by atoms with E-state index in [-0.39, 0.29) is 23.4 Å². The minimum absolute atomic E-state index is 0.0862. The van der Waals surface area contributed by atoms with Crippen molar-refractivity contribution in [1.82, 2.24) is 19.7 Å². The van der Waals surface area contributed by atoms with E-state index in [1.54, 1.807) is 17.0 Å². The van der Waals surface area contributed by atoms with Crippen molar-refractivity contribution in [3.05, 3.63) is 60.0 Å². The number of amides is 1. The maximum atomic E-state index is 12.4. The minimum atomic E-state index is -4.93. The number of allylic oxidation sites excluding steroid dienone is 2. The standard InChI is InChI=1S/C17H12F3N5O4/c1-28-16(27)11-8-10(29-17(18,19)20)2-3-12(11)22-15(26)13-4-5-14(24-23-13)25-7-6-21-9-25/h2,4-9H,3H2,1H3. The molecule has 0 saturated carbocycles. The maximum Gasteiger partial charge on any atom is 0.573 e. The van der Waals surface area contributed by atoms with E-state index < -0.39 is 24.0 Å². The molecule has 1 amide bonds. The van der Waals surface area contributed by atoms with E-state index in [9.17, 15) is 22.8 Å². The largest absolute Gasteiger partial charge is 0.573 e. The zero-order valence-electron chi connectivity index (χ0n) is 14.8. The number of esters is 1. The number of nitrogens with zero attached hydrogens (tertiary/aromatic N) is 5. The number of alkyl halides is 3. The molecule has 0 spiro atoms. The third-order valence-corrected chi connectivity index (χ3v) is 3.61. The molecule has 0 unspecified atom stereocenters. The predicted octanol–water partition coefficient (Wildman–Crippen LogP) is 2.17. The number of hydrogen-bond donors (Lipinski definition) is 0. The number of methoxy groups -OCH3 is 1. The second-order valence-corrected chi connectivity index (χ2v) is 5.52. The van der Waals surface area contributed by atoms with Gasteiger partial charge in [0.15, 0.2) is 11.5 Å². The highest BCUT2D eigenvalue weighted by molar-refractivity contribution is 6.24. The number of aliphatic imine (C=N–C) groups is 1. The van der Waals surface area contributed by atoms with Crippen LogP contribution in [0.1, 0.15) is 16.9 Å². The smallest absolute Gasteiger partial charge is 0.465 e. The first kappa shape index (κ1) is 19.9. The average molecular weight is 407 g/mol. The Labute approximate surface area is 161 Å². The number of imidazole rings is 1. The minimum Gasteiger partial charge on any atom is -0.465 e. The normalized spacial score (nSPS) is 15.5. The predicted molar refractivity (Wildman–Crippen MR) is 90.9 cm³/mol. The van der Waals surface area contributed by atoms with Crippen LogP contribution in [-0.4, -0.2) is 50.8 Å². The fraction of sp³-hybridized carbons (Fsp3) is 0.176. The Morgan fingerprint density at radius 1 is 1.24 bits per heavy atom. The Morgan fingerprint density at radius 3 is 2.62 bits per heavy atom. The molecule has 0 aliphatic heterocycles. The Kier molecular flexibility index (Phi) is 5.52. The van der Waals surface area contributed by atoms with E-state index in [4.69, 9.17) is 0 Å². The summed E-state index contributed by atoms with van der Waals surface area (Å²) in [6, 6.07) is 2.88. The van der Waals surface area contributed by atoms with E-state index in [0.717, 1.165) is 19.3 Å². The van der Waals surface area contributed by atoms with Gasteiger partial charge in [0.1, 0.15) is 12.1 Å². The number of carbonyl (C=O) groups is 2. The first-order valence-corrected chi connectivity index (χ1v) is 7.97. The lowest BCUT2D eigenvalue weighted by Gasteiger charge is -2.16. The summed E-state index contributed by atoms with van der Waals surface area (Å²) in [4.78, 5) is 31.9. The van der Waals surface area contributed by atoms with Gasteiger partial charge in [0.2, 0.25) is 0 Å². The Morgan fingerprint density at radius 2 is 2.03 bits per heavy atom. The second kappa shape index (κ2) is 8.04. The number of aromatic nitrogens is 4. The van der Waals surface area contributed by atoms with Crippen molar-refractivity contribution in [1.29, 1.82) is 0 Å². The third kappa shape index (κ3) is 4.91. The molecule has 0 atom stereocenters. The highest BCUT2D eigenvalue weighted by atomic mass is 19.4. The van der Waals surface area contributed by atoms with Crippen LogP contribution in [0.4, 0.5) is 13.2 Å². The first-order valence-electron chi connectivity index (χ1n) is 7.97. The van der Waals surface area contributed by atoms with E-state index in [1.165, 1.54) is 18.5 Å². The van der Waals surface area contributed by atoms with Gasteiger partial charge >= 0.3 is 12.3 Å². The van der Waals surface area contributed by atoms with Crippen LogP contribution in [0.15, 0.2) is 59.3 Å². The van der Waals surface area contributed by atoms with Crippen molar-refractivity contribution in [2.24, 2.45) is 4.99 Å². The molecule has 0 radical (unpaired) electrons. The van der Waals surface area contributed by atoms with Crippen molar-refractivity contribution in [2.45, 2.75) is 12.8 Å². The molecule has 2 aromatic rings. The SMILES string of the molecule is COC(=O)C1=CC(OC(F)(F)F)=CCC1=NC(=O)c1ccc(-n2ccnc2)nn1. The van der Waals surface area contributed by atoms with Crippen molar-refractivity contribution in [2.75, 3.05) is 7.11 Å².